The Bertz CT molecular complexity index is 413. The zero-order valence-electron chi connectivity index (χ0n) is 12.0. The third-order valence-corrected chi connectivity index (χ3v) is 4.71. The molecule has 20 heavy (non-hydrogen) atoms. The first-order valence-electron chi connectivity index (χ1n) is 7.56. The molecule has 1 saturated heterocycles. The van der Waals surface area contributed by atoms with Crippen LogP contribution in [0.4, 0.5) is 0 Å². The Balaban J connectivity index is 1.89. The van der Waals surface area contributed by atoms with Crippen LogP contribution in [-0.4, -0.2) is 35.7 Å². The van der Waals surface area contributed by atoms with Crippen LogP contribution >= 0.6 is 15.9 Å². The molecule has 0 aromatic heterocycles. The smallest absolute Gasteiger partial charge is 0.0586 e. The van der Waals surface area contributed by atoms with Crippen LogP contribution in [0.3, 0.4) is 0 Å². The third kappa shape index (κ3) is 4.55. The number of aliphatic hydroxyl groups is 1. The van der Waals surface area contributed by atoms with Gasteiger partial charge in [-0.1, -0.05) is 40.9 Å². The quantitative estimate of drug-likeness (QED) is 0.865. The third-order valence-electron chi connectivity index (χ3n) is 4.21. The number of hydrogen-bond acceptors (Lipinski definition) is 3. The molecule has 1 aromatic carbocycles. The molecule has 112 valence electrons. The minimum atomic E-state index is 0.0649. The van der Waals surface area contributed by atoms with Crippen LogP contribution in [-0.2, 0) is 0 Å². The van der Waals surface area contributed by atoms with Crippen molar-refractivity contribution in [1.29, 1.82) is 0 Å². The molecule has 0 radical (unpaired) electrons. The van der Waals surface area contributed by atoms with Gasteiger partial charge in [-0.05, 0) is 43.5 Å². The maximum Gasteiger partial charge on any atom is 0.0586 e. The second-order valence-electron chi connectivity index (χ2n) is 5.67. The minimum absolute atomic E-state index is 0.0649. The fourth-order valence-electron chi connectivity index (χ4n) is 2.95. The highest BCUT2D eigenvalue weighted by atomic mass is 79.9. The topological polar surface area (TPSA) is 49.5 Å². The SMILES string of the molecule is NC(CCN1CCCCCC1CO)c1cccc(Br)c1. The Labute approximate surface area is 130 Å². The van der Waals surface area contributed by atoms with Crippen molar-refractivity contribution in [2.24, 2.45) is 5.73 Å². The number of benzene rings is 1. The second-order valence-corrected chi connectivity index (χ2v) is 6.59. The molecule has 2 unspecified atom stereocenters. The normalized spacial score (nSPS) is 22.4. The molecule has 3 N–H and O–H groups in total. The van der Waals surface area contributed by atoms with Crippen LogP contribution in [0, 0.1) is 0 Å². The fourth-order valence-corrected chi connectivity index (χ4v) is 3.36. The summed E-state index contributed by atoms with van der Waals surface area (Å²) < 4.78 is 1.08. The molecule has 4 heteroatoms. The van der Waals surface area contributed by atoms with E-state index in [1.165, 1.54) is 24.8 Å². The lowest BCUT2D eigenvalue weighted by molar-refractivity contribution is 0.121. The molecule has 0 bridgehead atoms. The summed E-state index contributed by atoms with van der Waals surface area (Å²) >= 11 is 3.49. The van der Waals surface area contributed by atoms with E-state index in [-0.39, 0.29) is 12.6 Å². The highest BCUT2D eigenvalue weighted by Crippen LogP contribution is 2.21. The molecule has 0 saturated carbocycles. The maximum absolute atomic E-state index is 9.53. The highest BCUT2D eigenvalue weighted by Gasteiger charge is 2.20. The molecule has 2 rings (SSSR count). The fraction of sp³-hybridized carbons (Fsp3) is 0.625. The minimum Gasteiger partial charge on any atom is -0.395 e. The first kappa shape index (κ1) is 16.0. The molecule has 1 fully saturated rings. The highest BCUT2D eigenvalue weighted by molar-refractivity contribution is 9.10. The van der Waals surface area contributed by atoms with Gasteiger partial charge in [0.25, 0.3) is 0 Å². The number of nitrogens with zero attached hydrogens (tertiary/aromatic N) is 1. The van der Waals surface area contributed by atoms with Crippen LogP contribution in [0.25, 0.3) is 0 Å². The predicted molar refractivity (Wildman–Crippen MR) is 86.6 cm³/mol. The number of halogens is 1. The van der Waals surface area contributed by atoms with E-state index in [4.69, 9.17) is 5.73 Å². The van der Waals surface area contributed by atoms with Gasteiger partial charge in [-0.25, -0.2) is 0 Å². The summed E-state index contributed by atoms with van der Waals surface area (Å²) in [6.45, 7) is 2.33. The van der Waals surface area contributed by atoms with E-state index >= 15 is 0 Å². The van der Waals surface area contributed by atoms with E-state index < -0.39 is 0 Å². The zero-order chi connectivity index (χ0) is 14.4. The lowest BCUT2D eigenvalue weighted by Crippen LogP contribution is -2.39. The molecule has 0 amide bonds. The van der Waals surface area contributed by atoms with Crippen molar-refractivity contribution in [2.75, 3.05) is 19.7 Å². The summed E-state index contributed by atoms with van der Waals surface area (Å²) in [5.74, 6) is 0. The Morgan fingerprint density at radius 3 is 2.95 bits per heavy atom. The van der Waals surface area contributed by atoms with E-state index in [0.29, 0.717) is 6.04 Å². The van der Waals surface area contributed by atoms with Crippen LogP contribution in [0.15, 0.2) is 28.7 Å². The monoisotopic (exact) mass is 340 g/mol. The first-order chi connectivity index (χ1) is 9.70. The molecule has 2 atom stereocenters. The van der Waals surface area contributed by atoms with E-state index in [1.54, 1.807) is 0 Å². The largest absolute Gasteiger partial charge is 0.395 e. The van der Waals surface area contributed by atoms with E-state index in [1.807, 2.05) is 12.1 Å². The van der Waals surface area contributed by atoms with Gasteiger partial charge in [0.2, 0.25) is 0 Å². The van der Waals surface area contributed by atoms with Crippen molar-refractivity contribution < 1.29 is 5.11 Å². The van der Waals surface area contributed by atoms with Crippen molar-refractivity contribution in [1.82, 2.24) is 4.90 Å². The van der Waals surface area contributed by atoms with Crippen LogP contribution in [0.2, 0.25) is 0 Å². The van der Waals surface area contributed by atoms with Crippen molar-refractivity contribution >= 4 is 15.9 Å². The lowest BCUT2D eigenvalue weighted by Gasteiger charge is -2.29. The van der Waals surface area contributed by atoms with Gasteiger partial charge in [0.05, 0.1) is 6.61 Å². The maximum atomic E-state index is 9.53. The summed E-state index contributed by atoms with van der Waals surface area (Å²) in [7, 11) is 0. The predicted octanol–water partition coefficient (Wildman–Crippen LogP) is 3.08. The Morgan fingerprint density at radius 2 is 2.20 bits per heavy atom. The van der Waals surface area contributed by atoms with Crippen molar-refractivity contribution in [2.45, 2.75) is 44.2 Å². The van der Waals surface area contributed by atoms with Gasteiger partial charge in [0, 0.05) is 23.1 Å². The van der Waals surface area contributed by atoms with Gasteiger partial charge < -0.3 is 10.8 Å². The number of rotatable bonds is 5. The van der Waals surface area contributed by atoms with Crippen LogP contribution in [0.1, 0.15) is 43.7 Å². The van der Waals surface area contributed by atoms with Gasteiger partial charge in [-0.3, -0.25) is 4.90 Å². The molecule has 1 aromatic rings. The lowest BCUT2D eigenvalue weighted by atomic mass is 10.0. The summed E-state index contributed by atoms with van der Waals surface area (Å²) in [6, 6.07) is 8.62. The average molecular weight is 341 g/mol. The Kier molecular flexibility index (Phi) is 6.49. The molecule has 1 aliphatic heterocycles. The first-order valence-corrected chi connectivity index (χ1v) is 8.36. The number of likely N-dealkylation sites (tertiary alicyclic amines) is 1. The van der Waals surface area contributed by atoms with Gasteiger partial charge in [0.15, 0.2) is 0 Å². The van der Waals surface area contributed by atoms with Gasteiger partial charge in [-0.15, -0.1) is 0 Å². The average Bonchev–Trinajstić information content (AvgIpc) is 2.69. The van der Waals surface area contributed by atoms with Crippen molar-refractivity contribution in [3.8, 4) is 0 Å². The number of aliphatic hydroxyl groups excluding tert-OH is 1. The molecule has 0 spiro atoms. The second kappa shape index (κ2) is 8.13. The zero-order valence-corrected chi connectivity index (χ0v) is 13.6. The molecule has 3 nitrogen and oxygen atoms in total. The summed E-state index contributed by atoms with van der Waals surface area (Å²) in [6.07, 6.45) is 5.81. The molecular formula is C16H25BrN2O. The van der Waals surface area contributed by atoms with E-state index in [0.717, 1.165) is 30.4 Å². The summed E-state index contributed by atoms with van der Waals surface area (Å²) in [5, 5.41) is 9.53. The number of hydrogen-bond donors (Lipinski definition) is 2. The van der Waals surface area contributed by atoms with E-state index in [2.05, 4.69) is 33.0 Å². The van der Waals surface area contributed by atoms with Crippen LogP contribution < -0.4 is 5.73 Å². The molecule has 0 aliphatic carbocycles. The van der Waals surface area contributed by atoms with Crippen LogP contribution in [0.5, 0.6) is 0 Å². The molecular weight excluding hydrogens is 316 g/mol. The summed E-state index contributed by atoms with van der Waals surface area (Å²) in [5.41, 5.74) is 7.47. The van der Waals surface area contributed by atoms with Gasteiger partial charge in [0.1, 0.15) is 0 Å². The standard InChI is InChI=1S/C16H25BrN2O/c17-14-6-4-5-13(11-14)16(18)8-10-19-9-3-1-2-7-15(19)12-20/h4-6,11,15-16,20H,1-3,7-10,12,18H2. The van der Waals surface area contributed by atoms with Gasteiger partial charge in [-0.2, -0.15) is 0 Å². The molecule has 1 aliphatic rings. The van der Waals surface area contributed by atoms with Crippen molar-refractivity contribution in [3.05, 3.63) is 34.3 Å². The van der Waals surface area contributed by atoms with Crippen molar-refractivity contribution in [3.63, 3.8) is 0 Å². The summed E-state index contributed by atoms with van der Waals surface area (Å²) in [4.78, 5) is 2.42. The Hall–Kier alpha value is -0.420. The Morgan fingerprint density at radius 1 is 1.35 bits per heavy atom. The van der Waals surface area contributed by atoms with Gasteiger partial charge >= 0.3 is 0 Å². The van der Waals surface area contributed by atoms with E-state index in [9.17, 15) is 5.11 Å². The molecule has 1 heterocycles. The number of nitrogens with two attached hydrogens (primary N) is 1.